The molecule has 1 aromatic heterocycles. The van der Waals surface area contributed by atoms with Crippen molar-refractivity contribution in [3.05, 3.63) is 42.4 Å². The van der Waals surface area contributed by atoms with Gasteiger partial charge in [0.2, 0.25) is 0 Å². The van der Waals surface area contributed by atoms with Crippen LogP contribution in [-0.2, 0) is 0 Å². The maximum absolute atomic E-state index is 4.11. The number of halogens is 1. The molecule has 0 spiro atoms. The van der Waals surface area contributed by atoms with Crippen molar-refractivity contribution in [1.29, 1.82) is 0 Å². The number of hydrogen-bond acceptors (Lipinski definition) is 3. The Morgan fingerprint density at radius 3 is 2.29 bits per heavy atom. The predicted octanol–water partition coefficient (Wildman–Crippen LogP) is 2.42. The normalized spacial score (nSPS) is 9.21. The van der Waals surface area contributed by atoms with Crippen LogP contribution in [0.15, 0.2) is 36.8 Å². The largest absolute Gasteiger partial charge is 0.233 e. The fraction of sp³-hybridized carbons (Fsp3) is 0.100. The molecule has 2 aromatic rings. The van der Waals surface area contributed by atoms with E-state index >= 15 is 0 Å². The van der Waals surface area contributed by atoms with Gasteiger partial charge in [-0.15, -0.1) is 22.1 Å². The fourth-order valence-corrected chi connectivity index (χ4v) is 1.11. The lowest BCUT2D eigenvalue weighted by Gasteiger charge is -1.98. The van der Waals surface area contributed by atoms with Crippen molar-refractivity contribution in [2.75, 3.05) is 0 Å². The second-order valence-corrected chi connectivity index (χ2v) is 2.86. The zero-order chi connectivity index (χ0) is 9.10. The first-order valence-corrected chi connectivity index (χ1v) is 4.06. The monoisotopic (exact) mass is 251 g/mol. The van der Waals surface area contributed by atoms with Crippen molar-refractivity contribution >= 4 is 17.0 Å². The van der Waals surface area contributed by atoms with E-state index in [4.69, 9.17) is 0 Å². The molecule has 0 amide bonds. The van der Waals surface area contributed by atoms with Gasteiger partial charge in [0.1, 0.15) is 6.33 Å². The third-order valence-corrected chi connectivity index (χ3v) is 1.84. The van der Waals surface area contributed by atoms with Crippen LogP contribution in [-0.4, -0.2) is 15.2 Å². The molecule has 0 unspecified atom stereocenters. The molecule has 0 fully saturated rings. The Morgan fingerprint density at radius 2 is 1.71 bits per heavy atom. The number of nitrogens with zero attached hydrogens (tertiary/aromatic N) is 3. The molecular weight excluding hydrogens is 242 g/mol. The summed E-state index contributed by atoms with van der Waals surface area (Å²) in [7, 11) is 0. The minimum absolute atomic E-state index is 0. The summed E-state index contributed by atoms with van der Waals surface area (Å²) in [6.07, 6.45) is 3.11. The second-order valence-electron chi connectivity index (χ2n) is 2.86. The maximum Gasteiger partial charge on any atom is 0.138 e. The van der Waals surface area contributed by atoms with E-state index in [-0.39, 0.29) is 17.0 Å². The summed E-state index contributed by atoms with van der Waals surface area (Å²) >= 11 is 0. The van der Waals surface area contributed by atoms with Gasteiger partial charge >= 0.3 is 0 Å². The molecule has 0 saturated carbocycles. The zero-order valence-corrected chi connectivity index (χ0v) is 9.43. The number of rotatable bonds is 1. The van der Waals surface area contributed by atoms with E-state index in [2.05, 4.69) is 34.2 Å². The highest BCUT2D eigenvalue weighted by Crippen LogP contribution is 2.14. The topological polar surface area (TPSA) is 38.7 Å². The smallest absolute Gasteiger partial charge is 0.138 e. The van der Waals surface area contributed by atoms with Crippen LogP contribution in [0.4, 0.5) is 0 Å². The molecule has 0 bridgehead atoms. The van der Waals surface area contributed by atoms with Gasteiger partial charge in [0.15, 0.2) is 0 Å². The standard InChI is InChI=1S/C10H9N3.BrH/c1-8-2-4-9(5-3-8)10-6-12-13-7-11-10;/h2-7H,1H3;1H. The summed E-state index contributed by atoms with van der Waals surface area (Å²) in [5.74, 6) is 0. The van der Waals surface area contributed by atoms with Crippen molar-refractivity contribution in [3.63, 3.8) is 0 Å². The molecule has 1 heterocycles. The molecule has 0 saturated heterocycles. The van der Waals surface area contributed by atoms with Crippen LogP contribution in [0.5, 0.6) is 0 Å². The Hall–Kier alpha value is -1.29. The third-order valence-electron chi connectivity index (χ3n) is 1.84. The van der Waals surface area contributed by atoms with Crippen LogP contribution >= 0.6 is 17.0 Å². The average molecular weight is 252 g/mol. The molecule has 0 atom stereocenters. The van der Waals surface area contributed by atoms with Crippen molar-refractivity contribution in [2.24, 2.45) is 0 Å². The van der Waals surface area contributed by atoms with Gasteiger partial charge in [-0.2, -0.15) is 5.10 Å². The van der Waals surface area contributed by atoms with Gasteiger partial charge in [0.05, 0.1) is 11.9 Å². The molecular formula is C10H10BrN3. The molecule has 0 aliphatic rings. The molecule has 14 heavy (non-hydrogen) atoms. The highest BCUT2D eigenvalue weighted by Gasteiger charge is 1.96. The van der Waals surface area contributed by atoms with Crippen LogP contribution in [0.25, 0.3) is 11.3 Å². The Kier molecular flexibility index (Phi) is 3.71. The lowest BCUT2D eigenvalue weighted by atomic mass is 10.1. The van der Waals surface area contributed by atoms with Crippen LogP contribution in [0, 0.1) is 6.92 Å². The number of hydrogen-bond donors (Lipinski definition) is 0. The van der Waals surface area contributed by atoms with Crippen molar-refractivity contribution in [2.45, 2.75) is 6.92 Å². The minimum atomic E-state index is 0. The van der Waals surface area contributed by atoms with Gasteiger partial charge in [-0.1, -0.05) is 29.8 Å². The Balaban J connectivity index is 0.000000980. The molecule has 4 heteroatoms. The SMILES string of the molecule is Br.Cc1ccc(-c2cnncn2)cc1. The summed E-state index contributed by atoms with van der Waals surface area (Å²) in [5, 5.41) is 7.40. The number of benzene rings is 1. The van der Waals surface area contributed by atoms with E-state index in [9.17, 15) is 0 Å². The average Bonchev–Trinajstić information content (AvgIpc) is 2.20. The van der Waals surface area contributed by atoms with Gasteiger partial charge < -0.3 is 0 Å². The van der Waals surface area contributed by atoms with E-state index in [1.165, 1.54) is 11.9 Å². The van der Waals surface area contributed by atoms with Crippen LogP contribution in [0.1, 0.15) is 5.56 Å². The van der Waals surface area contributed by atoms with Gasteiger partial charge in [-0.3, -0.25) is 0 Å². The first-order valence-electron chi connectivity index (χ1n) is 4.06. The van der Waals surface area contributed by atoms with E-state index in [0.29, 0.717) is 0 Å². The quantitative estimate of drug-likeness (QED) is 0.782. The van der Waals surface area contributed by atoms with Gasteiger partial charge in [-0.05, 0) is 6.92 Å². The van der Waals surface area contributed by atoms with Gasteiger partial charge in [-0.25, -0.2) is 4.98 Å². The minimum Gasteiger partial charge on any atom is -0.233 e. The number of aromatic nitrogens is 3. The summed E-state index contributed by atoms with van der Waals surface area (Å²) < 4.78 is 0. The van der Waals surface area contributed by atoms with Crippen molar-refractivity contribution < 1.29 is 0 Å². The molecule has 72 valence electrons. The highest BCUT2D eigenvalue weighted by molar-refractivity contribution is 8.93. The van der Waals surface area contributed by atoms with Gasteiger partial charge in [0.25, 0.3) is 0 Å². The van der Waals surface area contributed by atoms with Crippen LogP contribution in [0.2, 0.25) is 0 Å². The van der Waals surface area contributed by atoms with Crippen molar-refractivity contribution in [3.8, 4) is 11.3 Å². The van der Waals surface area contributed by atoms with E-state index < -0.39 is 0 Å². The van der Waals surface area contributed by atoms with E-state index in [0.717, 1.165) is 11.3 Å². The fourth-order valence-electron chi connectivity index (χ4n) is 1.11. The van der Waals surface area contributed by atoms with Crippen LogP contribution in [0.3, 0.4) is 0 Å². The number of aryl methyl sites for hydroxylation is 1. The molecule has 0 N–H and O–H groups in total. The lowest BCUT2D eigenvalue weighted by molar-refractivity contribution is 0.973. The molecule has 0 radical (unpaired) electrons. The summed E-state index contributed by atoms with van der Waals surface area (Å²) in [6, 6.07) is 8.16. The van der Waals surface area contributed by atoms with Gasteiger partial charge in [0, 0.05) is 5.56 Å². The molecule has 2 rings (SSSR count). The summed E-state index contributed by atoms with van der Waals surface area (Å²) in [6.45, 7) is 2.06. The zero-order valence-electron chi connectivity index (χ0n) is 7.71. The molecule has 0 aliphatic carbocycles. The third kappa shape index (κ3) is 2.35. The molecule has 0 aliphatic heterocycles. The lowest BCUT2D eigenvalue weighted by Crippen LogP contribution is -1.87. The molecule has 1 aromatic carbocycles. The Bertz CT molecular complexity index is 386. The summed E-state index contributed by atoms with van der Waals surface area (Å²) in [5.41, 5.74) is 3.17. The highest BCUT2D eigenvalue weighted by atomic mass is 79.9. The van der Waals surface area contributed by atoms with Crippen molar-refractivity contribution in [1.82, 2.24) is 15.2 Å². The van der Waals surface area contributed by atoms with E-state index in [1.807, 2.05) is 12.1 Å². The Labute approximate surface area is 93.0 Å². The molecule has 3 nitrogen and oxygen atoms in total. The van der Waals surface area contributed by atoms with E-state index in [1.54, 1.807) is 6.20 Å². The predicted molar refractivity (Wildman–Crippen MR) is 60.3 cm³/mol. The maximum atomic E-state index is 4.11. The summed E-state index contributed by atoms with van der Waals surface area (Å²) in [4.78, 5) is 4.11. The second kappa shape index (κ2) is 4.81. The van der Waals surface area contributed by atoms with Crippen LogP contribution < -0.4 is 0 Å². The first-order chi connectivity index (χ1) is 6.36. The Morgan fingerprint density at radius 1 is 1.00 bits per heavy atom. The first kappa shape index (κ1) is 10.8.